The molecule has 1 fully saturated rings. The van der Waals surface area contributed by atoms with Gasteiger partial charge in [0.25, 0.3) is 0 Å². The molecule has 0 radical (unpaired) electrons. The van der Waals surface area contributed by atoms with E-state index in [2.05, 4.69) is 10.6 Å². The van der Waals surface area contributed by atoms with Gasteiger partial charge in [-0.1, -0.05) is 0 Å². The molecule has 1 saturated heterocycles. The number of nitrogens with one attached hydrogen (secondary N) is 2. The average Bonchev–Trinajstić information content (AvgIpc) is 3.17. The average molecular weight is 391 g/mol. The van der Waals surface area contributed by atoms with Crippen LogP contribution in [0.3, 0.4) is 0 Å². The summed E-state index contributed by atoms with van der Waals surface area (Å²) in [6.07, 6.45) is 2.94. The van der Waals surface area contributed by atoms with E-state index in [-0.39, 0.29) is 17.7 Å². The van der Waals surface area contributed by atoms with Gasteiger partial charge in [0.2, 0.25) is 0 Å². The van der Waals surface area contributed by atoms with Gasteiger partial charge in [-0.25, -0.2) is 13.6 Å². The lowest BCUT2D eigenvalue weighted by molar-refractivity contribution is 0.252. The number of nitrogens with zero attached hydrogens (tertiary/aromatic N) is 1. The number of hydrogen-bond acceptors (Lipinski definition) is 3. The molecule has 0 bridgehead atoms. The Bertz CT molecular complexity index is 764. The molecular weight excluding hydrogens is 368 g/mol. The molecule has 0 saturated carbocycles. The number of carbonyl (C=O) groups excluding carboxylic acids is 1. The Morgan fingerprint density at radius 2 is 1.81 bits per heavy atom. The van der Waals surface area contributed by atoms with E-state index in [1.807, 2.05) is 4.90 Å². The summed E-state index contributed by atoms with van der Waals surface area (Å²) in [7, 11) is 0. The molecule has 27 heavy (non-hydrogen) atoms. The van der Waals surface area contributed by atoms with E-state index in [1.54, 1.807) is 36.0 Å². The Balaban J connectivity index is 1.37. The Morgan fingerprint density at radius 3 is 2.52 bits per heavy atom. The number of halogens is 2. The van der Waals surface area contributed by atoms with Gasteiger partial charge < -0.3 is 15.5 Å². The highest BCUT2D eigenvalue weighted by atomic mass is 32.2. The molecule has 2 aromatic rings. The van der Waals surface area contributed by atoms with Crippen LogP contribution in [-0.4, -0.2) is 31.4 Å². The summed E-state index contributed by atoms with van der Waals surface area (Å²) in [5, 5.41) is 5.42. The Morgan fingerprint density at radius 1 is 1.07 bits per heavy atom. The number of carbonyl (C=O) groups is 1. The lowest BCUT2D eigenvalue weighted by atomic mass is 10.2. The number of amides is 2. The molecule has 1 aliphatic heterocycles. The van der Waals surface area contributed by atoms with Gasteiger partial charge in [-0.2, -0.15) is 0 Å². The third-order valence-corrected chi connectivity index (χ3v) is 5.44. The van der Waals surface area contributed by atoms with Gasteiger partial charge in [0.15, 0.2) is 0 Å². The molecule has 144 valence electrons. The Hall–Kier alpha value is -2.28. The van der Waals surface area contributed by atoms with Crippen molar-refractivity contribution < 1.29 is 13.6 Å². The minimum absolute atomic E-state index is 0.248. The van der Waals surface area contributed by atoms with Crippen molar-refractivity contribution in [3.8, 4) is 0 Å². The fourth-order valence-electron chi connectivity index (χ4n) is 2.97. The summed E-state index contributed by atoms with van der Waals surface area (Å²) in [5.74, 6) is 0.249. The summed E-state index contributed by atoms with van der Waals surface area (Å²) < 4.78 is 27.1. The first-order valence-electron chi connectivity index (χ1n) is 9.09. The third-order valence-electron chi connectivity index (χ3n) is 4.34. The van der Waals surface area contributed by atoms with Crippen molar-refractivity contribution in [1.29, 1.82) is 0 Å². The second-order valence-corrected chi connectivity index (χ2v) is 7.57. The van der Waals surface area contributed by atoms with Crippen molar-refractivity contribution in [2.45, 2.75) is 24.2 Å². The number of benzene rings is 2. The van der Waals surface area contributed by atoms with Crippen LogP contribution in [0.25, 0.3) is 0 Å². The molecule has 0 aromatic heterocycles. The maximum atomic E-state index is 14.3. The summed E-state index contributed by atoms with van der Waals surface area (Å²) in [4.78, 5) is 15.0. The van der Waals surface area contributed by atoms with E-state index in [1.165, 1.54) is 18.2 Å². The second-order valence-electron chi connectivity index (χ2n) is 6.40. The lowest BCUT2D eigenvalue weighted by Crippen LogP contribution is -2.29. The zero-order valence-electron chi connectivity index (χ0n) is 15.0. The van der Waals surface area contributed by atoms with Gasteiger partial charge in [0, 0.05) is 30.2 Å². The summed E-state index contributed by atoms with van der Waals surface area (Å²) in [5.41, 5.74) is 1.03. The van der Waals surface area contributed by atoms with Crippen molar-refractivity contribution in [3.05, 3.63) is 54.1 Å². The molecule has 4 nitrogen and oxygen atoms in total. The topological polar surface area (TPSA) is 44.4 Å². The molecule has 2 amide bonds. The van der Waals surface area contributed by atoms with Crippen molar-refractivity contribution in [2.24, 2.45) is 0 Å². The molecule has 0 aliphatic carbocycles. The molecular formula is C20H23F2N3OS. The van der Waals surface area contributed by atoms with Crippen LogP contribution >= 0.6 is 11.8 Å². The highest BCUT2D eigenvalue weighted by Gasteiger charge is 2.16. The Kier molecular flexibility index (Phi) is 6.92. The van der Waals surface area contributed by atoms with Crippen LogP contribution in [0.2, 0.25) is 0 Å². The third kappa shape index (κ3) is 5.85. The Labute approximate surface area is 162 Å². The van der Waals surface area contributed by atoms with E-state index in [0.717, 1.165) is 43.0 Å². The molecule has 0 unspecified atom stereocenters. The molecule has 2 aromatic carbocycles. The number of anilines is 2. The first kappa shape index (κ1) is 19.5. The fourth-order valence-corrected chi connectivity index (χ4v) is 3.82. The second kappa shape index (κ2) is 9.60. The SMILES string of the molecule is O=C(NCCCSc1ccc(F)cc1)Nc1ccc(N2CCCC2)c(F)c1. The minimum Gasteiger partial charge on any atom is -0.369 e. The predicted molar refractivity (Wildman–Crippen MR) is 107 cm³/mol. The van der Waals surface area contributed by atoms with Crippen LogP contribution < -0.4 is 15.5 Å². The smallest absolute Gasteiger partial charge is 0.319 e. The summed E-state index contributed by atoms with van der Waals surface area (Å²) in [6.45, 7) is 2.26. The summed E-state index contributed by atoms with van der Waals surface area (Å²) in [6, 6.07) is 10.8. The van der Waals surface area contributed by atoms with Crippen LogP contribution in [0.4, 0.5) is 25.0 Å². The molecule has 1 heterocycles. The maximum absolute atomic E-state index is 14.3. The maximum Gasteiger partial charge on any atom is 0.319 e. The van der Waals surface area contributed by atoms with Gasteiger partial charge in [-0.3, -0.25) is 0 Å². The lowest BCUT2D eigenvalue weighted by Gasteiger charge is -2.19. The van der Waals surface area contributed by atoms with Crippen LogP contribution in [0.5, 0.6) is 0 Å². The number of urea groups is 1. The quantitative estimate of drug-likeness (QED) is 0.523. The zero-order chi connectivity index (χ0) is 19.1. The minimum atomic E-state index is -0.352. The number of hydrogen-bond donors (Lipinski definition) is 2. The van der Waals surface area contributed by atoms with Gasteiger partial charge in [0.05, 0.1) is 5.69 Å². The van der Waals surface area contributed by atoms with E-state index < -0.39 is 0 Å². The van der Waals surface area contributed by atoms with Gasteiger partial charge in [-0.15, -0.1) is 11.8 Å². The predicted octanol–water partition coefficient (Wildman–Crippen LogP) is 4.87. The van der Waals surface area contributed by atoms with Crippen molar-refractivity contribution in [2.75, 3.05) is 35.6 Å². The van der Waals surface area contributed by atoms with E-state index in [9.17, 15) is 13.6 Å². The molecule has 7 heteroatoms. The standard InChI is InChI=1S/C20H23F2N3OS/c21-15-4-7-17(8-5-15)27-13-3-10-23-20(26)24-16-6-9-19(18(22)14-16)25-11-1-2-12-25/h4-9,14H,1-3,10-13H2,(H2,23,24,26). The summed E-state index contributed by atoms with van der Waals surface area (Å²) >= 11 is 1.61. The van der Waals surface area contributed by atoms with Crippen LogP contribution in [0, 0.1) is 11.6 Å². The van der Waals surface area contributed by atoms with E-state index in [0.29, 0.717) is 17.9 Å². The zero-order valence-corrected chi connectivity index (χ0v) is 15.8. The highest BCUT2D eigenvalue weighted by Crippen LogP contribution is 2.26. The normalized spacial score (nSPS) is 13.6. The number of rotatable bonds is 7. The number of thioether (sulfide) groups is 1. The van der Waals surface area contributed by atoms with Crippen molar-refractivity contribution in [3.63, 3.8) is 0 Å². The van der Waals surface area contributed by atoms with Gasteiger partial charge >= 0.3 is 6.03 Å². The van der Waals surface area contributed by atoms with E-state index >= 15 is 0 Å². The van der Waals surface area contributed by atoms with Crippen LogP contribution in [0.1, 0.15) is 19.3 Å². The fraction of sp³-hybridized carbons (Fsp3) is 0.350. The largest absolute Gasteiger partial charge is 0.369 e. The van der Waals surface area contributed by atoms with Crippen LogP contribution in [-0.2, 0) is 0 Å². The highest BCUT2D eigenvalue weighted by molar-refractivity contribution is 7.99. The molecule has 2 N–H and O–H groups in total. The monoisotopic (exact) mass is 391 g/mol. The first-order chi connectivity index (χ1) is 13.1. The van der Waals surface area contributed by atoms with Gasteiger partial charge in [-0.05, 0) is 67.5 Å². The van der Waals surface area contributed by atoms with Gasteiger partial charge in [0.1, 0.15) is 11.6 Å². The molecule has 1 aliphatic rings. The molecule has 0 atom stereocenters. The van der Waals surface area contributed by atoms with Crippen molar-refractivity contribution >= 4 is 29.2 Å². The molecule has 3 rings (SSSR count). The van der Waals surface area contributed by atoms with Crippen molar-refractivity contribution in [1.82, 2.24) is 5.32 Å². The van der Waals surface area contributed by atoms with E-state index in [4.69, 9.17) is 0 Å². The molecule has 0 spiro atoms. The first-order valence-corrected chi connectivity index (χ1v) is 10.1. The van der Waals surface area contributed by atoms with Crippen LogP contribution in [0.15, 0.2) is 47.4 Å².